The minimum Gasteiger partial charge on any atom is -0.464 e. The van der Waals surface area contributed by atoms with E-state index in [0.717, 1.165) is 38.5 Å². The van der Waals surface area contributed by atoms with Crippen molar-refractivity contribution in [3.05, 3.63) is 40.2 Å². The van der Waals surface area contributed by atoms with Gasteiger partial charge >= 0.3 is 22.0 Å². The molecule has 0 amide bonds. The summed E-state index contributed by atoms with van der Waals surface area (Å²) in [6.45, 7) is 6.30. The number of Topliss-reactive ketones (excluding diaryl/α,β-unsaturated/α-hetero) is 1. The molecule has 0 aliphatic carbocycles. The summed E-state index contributed by atoms with van der Waals surface area (Å²) < 4.78 is 57.9. The molecule has 5 unspecified atom stereocenters. The number of ketones is 1. The van der Waals surface area contributed by atoms with Crippen LogP contribution in [0.25, 0.3) is 11.0 Å². The monoisotopic (exact) mass is 656 g/mol. The third-order valence-electron chi connectivity index (χ3n) is 7.34. The summed E-state index contributed by atoms with van der Waals surface area (Å²) in [4.78, 5) is 36.8. The Labute approximate surface area is 262 Å². The molecule has 45 heavy (non-hydrogen) atoms. The first-order valence-corrected chi connectivity index (χ1v) is 16.5. The molecule has 2 heterocycles. The van der Waals surface area contributed by atoms with Crippen molar-refractivity contribution in [3.63, 3.8) is 0 Å². The Morgan fingerprint density at radius 1 is 1.00 bits per heavy atom. The van der Waals surface area contributed by atoms with Crippen molar-refractivity contribution in [1.29, 1.82) is 0 Å². The molecular weight excluding hydrogens is 612 g/mol. The van der Waals surface area contributed by atoms with Gasteiger partial charge in [-0.1, -0.05) is 32.6 Å². The molecule has 3 rings (SSSR count). The minimum atomic E-state index is -4.93. The topological polar surface area (TPSA) is 196 Å². The fourth-order valence-corrected chi connectivity index (χ4v) is 5.67. The normalized spacial score (nSPS) is 22.3. The van der Waals surface area contributed by atoms with Gasteiger partial charge in [0.05, 0.1) is 12.7 Å². The number of hydrogen-bond acceptors (Lipinski definition) is 12. The predicted octanol–water partition coefficient (Wildman–Crippen LogP) is 3.65. The second-order valence-electron chi connectivity index (χ2n) is 12.4. The summed E-state index contributed by atoms with van der Waals surface area (Å²) in [6.07, 6.45) is 0.509. The molecule has 1 aliphatic heterocycles. The first-order chi connectivity index (χ1) is 21.1. The van der Waals surface area contributed by atoms with E-state index in [1.54, 1.807) is 12.1 Å². The quantitative estimate of drug-likeness (QED) is 0.103. The van der Waals surface area contributed by atoms with Gasteiger partial charge in [-0.2, -0.15) is 8.42 Å². The maximum atomic E-state index is 12.7. The number of aliphatic hydroxyl groups excluding tert-OH is 2. The number of rotatable bonds is 16. The van der Waals surface area contributed by atoms with Crippen molar-refractivity contribution in [1.82, 2.24) is 0 Å². The number of unbranched alkanes of at least 4 members (excludes halogenated alkanes) is 5. The Hall–Kier alpha value is -2.88. The minimum absolute atomic E-state index is 0.0118. The van der Waals surface area contributed by atoms with E-state index in [9.17, 15) is 33.0 Å². The molecule has 3 N–H and O–H groups in total. The second-order valence-corrected chi connectivity index (χ2v) is 13.4. The summed E-state index contributed by atoms with van der Waals surface area (Å²) in [5, 5.41) is 20.8. The molecular formula is C31H44O13S. The molecule has 1 saturated heterocycles. The van der Waals surface area contributed by atoms with Gasteiger partial charge in [0.15, 0.2) is 0 Å². The van der Waals surface area contributed by atoms with Crippen molar-refractivity contribution in [3.8, 4) is 5.75 Å². The Morgan fingerprint density at radius 2 is 1.64 bits per heavy atom. The van der Waals surface area contributed by atoms with Crippen molar-refractivity contribution in [2.24, 2.45) is 5.92 Å². The molecule has 0 bridgehead atoms. The van der Waals surface area contributed by atoms with Gasteiger partial charge in [0.2, 0.25) is 6.29 Å². The van der Waals surface area contributed by atoms with Crippen LogP contribution in [0.5, 0.6) is 5.75 Å². The van der Waals surface area contributed by atoms with Crippen LogP contribution in [0.3, 0.4) is 0 Å². The average molecular weight is 657 g/mol. The average Bonchev–Trinajstić information content (AvgIpc) is 2.92. The predicted molar refractivity (Wildman–Crippen MR) is 162 cm³/mol. The first-order valence-electron chi connectivity index (χ1n) is 15.1. The van der Waals surface area contributed by atoms with E-state index in [4.69, 9.17) is 23.2 Å². The van der Waals surface area contributed by atoms with Crippen molar-refractivity contribution < 1.29 is 55.6 Å². The lowest BCUT2D eigenvalue weighted by atomic mass is 9.92. The lowest BCUT2D eigenvalue weighted by molar-refractivity contribution is -0.251. The van der Waals surface area contributed by atoms with Crippen molar-refractivity contribution in [2.75, 3.05) is 6.61 Å². The molecule has 0 spiro atoms. The third-order valence-corrected chi connectivity index (χ3v) is 7.81. The summed E-state index contributed by atoms with van der Waals surface area (Å²) in [5.41, 5.74) is -0.429. The van der Waals surface area contributed by atoms with E-state index >= 15 is 0 Å². The van der Waals surface area contributed by atoms with E-state index in [0.29, 0.717) is 23.8 Å². The molecule has 1 aromatic heterocycles. The number of ether oxygens (including phenoxy) is 3. The SMILES string of the molecule is CC1C(Oc2ccc3c(CC(=O)CCCCCCCCC(=O)OC(C)(C)C)cc(=O)oc3c2)OC(CO)C(OS(=O)(=O)O)C1O. The smallest absolute Gasteiger partial charge is 0.397 e. The Bertz CT molecular complexity index is 1460. The van der Waals surface area contributed by atoms with Gasteiger partial charge in [0.25, 0.3) is 0 Å². The molecule has 0 saturated carbocycles. The highest BCUT2D eigenvalue weighted by Crippen LogP contribution is 2.32. The molecule has 0 radical (unpaired) electrons. The standard InChI is InChI=1S/C31H44O13S/c1-19-28(36)29(44-45(37,38)39)25(18-32)42-30(19)40-22-13-14-23-20(16-27(35)41-24(23)17-22)15-21(33)11-9-7-5-6-8-10-12-26(34)43-31(2,3)4/h13-14,16-17,19,25,28-30,32,36H,5-12,15,18H2,1-4H3,(H,37,38,39). The molecule has 5 atom stereocenters. The van der Waals surface area contributed by atoms with Gasteiger partial charge in [-0.25, -0.2) is 8.98 Å². The lowest BCUT2D eigenvalue weighted by Crippen LogP contribution is -2.57. The number of aliphatic hydroxyl groups is 2. The van der Waals surface area contributed by atoms with E-state index in [1.807, 2.05) is 20.8 Å². The van der Waals surface area contributed by atoms with Gasteiger partial charge in [0, 0.05) is 42.7 Å². The zero-order valence-electron chi connectivity index (χ0n) is 26.1. The first kappa shape index (κ1) is 36.6. The number of carbonyl (C=O) groups is 2. The highest BCUT2D eigenvalue weighted by atomic mass is 32.3. The van der Waals surface area contributed by atoms with Crippen LogP contribution in [0.4, 0.5) is 0 Å². The third kappa shape index (κ3) is 11.8. The maximum Gasteiger partial charge on any atom is 0.397 e. The van der Waals surface area contributed by atoms with E-state index in [2.05, 4.69) is 4.18 Å². The number of hydrogen-bond donors (Lipinski definition) is 3. The van der Waals surface area contributed by atoms with E-state index in [1.165, 1.54) is 19.1 Å². The van der Waals surface area contributed by atoms with Gasteiger partial charge in [0.1, 0.15) is 34.9 Å². The van der Waals surface area contributed by atoms with Crippen molar-refractivity contribution >= 4 is 33.1 Å². The van der Waals surface area contributed by atoms with Crippen LogP contribution in [-0.2, 0) is 40.1 Å². The zero-order valence-corrected chi connectivity index (χ0v) is 26.9. The second kappa shape index (κ2) is 16.1. The fourth-order valence-electron chi connectivity index (χ4n) is 5.15. The van der Waals surface area contributed by atoms with Crippen LogP contribution in [0.15, 0.2) is 33.5 Å². The number of carbonyl (C=O) groups excluding carboxylic acids is 2. The van der Waals surface area contributed by atoms with Gasteiger partial charge in [-0.15, -0.1) is 0 Å². The summed E-state index contributed by atoms with van der Waals surface area (Å²) >= 11 is 0. The van der Waals surface area contributed by atoms with Gasteiger partial charge < -0.3 is 28.8 Å². The van der Waals surface area contributed by atoms with Crippen LogP contribution in [0.2, 0.25) is 0 Å². The lowest BCUT2D eigenvalue weighted by Gasteiger charge is -2.41. The highest BCUT2D eigenvalue weighted by molar-refractivity contribution is 7.80. The molecule has 1 aliphatic rings. The number of esters is 1. The molecule has 252 valence electrons. The van der Waals surface area contributed by atoms with Crippen LogP contribution in [0, 0.1) is 5.92 Å². The number of benzene rings is 1. The Balaban J connectivity index is 1.52. The summed E-state index contributed by atoms with van der Waals surface area (Å²) in [7, 11) is -4.93. The zero-order chi connectivity index (χ0) is 33.4. The molecule has 2 aromatic rings. The van der Waals surface area contributed by atoms with Crippen LogP contribution in [-0.4, -0.2) is 71.7 Å². The van der Waals surface area contributed by atoms with Crippen LogP contribution < -0.4 is 10.4 Å². The molecule has 1 aromatic carbocycles. The van der Waals surface area contributed by atoms with E-state index in [-0.39, 0.29) is 29.5 Å². The van der Waals surface area contributed by atoms with Crippen molar-refractivity contribution in [2.45, 2.75) is 116 Å². The molecule has 14 heteroatoms. The summed E-state index contributed by atoms with van der Waals surface area (Å²) in [6, 6.07) is 5.92. The Morgan fingerprint density at radius 3 is 2.27 bits per heavy atom. The van der Waals surface area contributed by atoms with Crippen LogP contribution in [0.1, 0.15) is 84.6 Å². The molecule has 1 fully saturated rings. The highest BCUT2D eigenvalue weighted by Gasteiger charge is 2.46. The number of fused-ring (bicyclic) bond motifs is 1. The van der Waals surface area contributed by atoms with Gasteiger partial charge in [-0.05, 0) is 51.3 Å². The Kier molecular flexibility index (Phi) is 13.1. The van der Waals surface area contributed by atoms with E-state index < -0.39 is 58.8 Å². The molecule has 13 nitrogen and oxygen atoms in total. The largest absolute Gasteiger partial charge is 0.464 e. The van der Waals surface area contributed by atoms with Crippen LogP contribution >= 0.6 is 0 Å². The summed E-state index contributed by atoms with van der Waals surface area (Å²) in [5.74, 6) is -0.867. The maximum absolute atomic E-state index is 12.7. The fraction of sp³-hybridized carbons (Fsp3) is 0.645. The van der Waals surface area contributed by atoms with Gasteiger partial charge in [-0.3, -0.25) is 14.1 Å².